The Hall–Kier alpha value is -1.35. The number of hydrogen-bond donors (Lipinski definition) is 1. The second kappa shape index (κ2) is 4.49. The van der Waals surface area contributed by atoms with Crippen LogP contribution in [0.4, 0.5) is 0 Å². The lowest BCUT2D eigenvalue weighted by molar-refractivity contribution is 0.0680. The molecule has 3 heteroatoms. The molecule has 0 aromatic heterocycles. The standard InChI is InChI=1S/C14H18N2O/c17-14(11-4-2-1-3-5-11)16-12-6-7-13(16)10-15-9-8-12/h1-5,12-13,15H,6-10H2/t12-,13+/m0/s1. The van der Waals surface area contributed by atoms with Crippen molar-refractivity contribution >= 4 is 5.91 Å². The molecule has 2 aliphatic rings. The van der Waals surface area contributed by atoms with Crippen molar-refractivity contribution < 1.29 is 4.79 Å². The van der Waals surface area contributed by atoms with Gasteiger partial charge in [0.25, 0.3) is 5.91 Å². The minimum absolute atomic E-state index is 0.210. The van der Waals surface area contributed by atoms with Crippen molar-refractivity contribution in [2.75, 3.05) is 13.1 Å². The molecule has 1 aromatic rings. The summed E-state index contributed by atoms with van der Waals surface area (Å²) < 4.78 is 0. The topological polar surface area (TPSA) is 32.3 Å². The molecular weight excluding hydrogens is 212 g/mol. The van der Waals surface area contributed by atoms with Crippen LogP contribution in [0, 0.1) is 0 Å². The normalized spacial score (nSPS) is 27.9. The number of amides is 1. The fourth-order valence-corrected chi connectivity index (χ4v) is 3.04. The quantitative estimate of drug-likeness (QED) is 0.795. The molecule has 1 amide bonds. The van der Waals surface area contributed by atoms with Gasteiger partial charge >= 0.3 is 0 Å². The molecule has 3 rings (SSSR count). The molecule has 2 bridgehead atoms. The van der Waals surface area contributed by atoms with E-state index in [-0.39, 0.29) is 5.91 Å². The highest BCUT2D eigenvalue weighted by Crippen LogP contribution is 2.29. The van der Waals surface area contributed by atoms with Crippen molar-refractivity contribution in [1.82, 2.24) is 10.2 Å². The van der Waals surface area contributed by atoms with Crippen LogP contribution >= 0.6 is 0 Å². The van der Waals surface area contributed by atoms with E-state index in [1.165, 1.54) is 6.42 Å². The van der Waals surface area contributed by atoms with Gasteiger partial charge in [0, 0.05) is 24.2 Å². The van der Waals surface area contributed by atoms with E-state index in [1.54, 1.807) is 0 Å². The third-order valence-electron chi connectivity index (χ3n) is 3.91. The molecule has 0 radical (unpaired) electrons. The average molecular weight is 230 g/mol. The number of carbonyl (C=O) groups is 1. The minimum atomic E-state index is 0.210. The molecule has 0 aliphatic carbocycles. The van der Waals surface area contributed by atoms with Gasteiger partial charge in [-0.3, -0.25) is 4.79 Å². The molecule has 90 valence electrons. The van der Waals surface area contributed by atoms with E-state index in [0.717, 1.165) is 31.5 Å². The number of fused-ring (bicyclic) bond motifs is 2. The molecule has 2 aliphatic heterocycles. The van der Waals surface area contributed by atoms with Gasteiger partial charge in [-0.1, -0.05) is 18.2 Å². The largest absolute Gasteiger partial charge is 0.331 e. The highest BCUT2D eigenvalue weighted by Gasteiger charge is 2.38. The smallest absolute Gasteiger partial charge is 0.254 e. The van der Waals surface area contributed by atoms with Crippen LogP contribution in [0.2, 0.25) is 0 Å². The Morgan fingerprint density at radius 3 is 2.71 bits per heavy atom. The third-order valence-corrected chi connectivity index (χ3v) is 3.91. The van der Waals surface area contributed by atoms with Crippen LogP contribution in [0.1, 0.15) is 29.6 Å². The second-order valence-corrected chi connectivity index (χ2v) is 4.96. The van der Waals surface area contributed by atoms with Crippen LogP contribution in [-0.2, 0) is 0 Å². The van der Waals surface area contributed by atoms with Gasteiger partial charge in [0.1, 0.15) is 0 Å². The Morgan fingerprint density at radius 1 is 1.12 bits per heavy atom. The highest BCUT2D eigenvalue weighted by atomic mass is 16.2. The molecule has 1 N–H and O–H groups in total. The maximum Gasteiger partial charge on any atom is 0.254 e. The van der Waals surface area contributed by atoms with E-state index in [1.807, 2.05) is 30.3 Å². The van der Waals surface area contributed by atoms with Gasteiger partial charge in [0.2, 0.25) is 0 Å². The van der Waals surface area contributed by atoms with Crippen molar-refractivity contribution in [3.05, 3.63) is 35.9 Å². The number of rotatable bonds is 1. The molecule has 1 aromatic carbocycles. The molecule has 0 spiro atoms. The third kappa shape index (κ3) is 1.95. The Balaban J connectivity index is 1.86. The zero-order valence-corrected chi connectivity index (χ0v) is 9.93. The van der Waals surface area contributed by atoms with Crippen LogP contribution in [0.5, 0.6) is 0 Å². The van der Waals surface area contributed by atoms with Crippen molar-refractivity contribution in [2.24, 2.45) is 0 Å². The van der Waals surface area contributed by atoms with Gasteiger partial charge in [-0.05, 0) is 37.9 Å². The van der Waals surface area contributed by atoms with Crippen LogP contribution < -0.4 is 5.32 Å². The summed E-state index contributed by atoms with van der Waals surface area (Å²) in [6, 6.07) is 10.5. The summed E-state index contributed by atoms with van der Waals surface area (Å²) in [5.41, 5.74) is 0.825. The molecular formula is C14H18N2O. The monoisotopic (exact) mass is 230 g/mol. The summed E-state index contributed by atoms with van der Waals surface area (Å²) in [5.74, 6) is 0.210. The van der Waals surface area contributed by atoms with Crippen molar-refractivity contribution in [1.29, 1.82) is 0 Å². The van der Waals surface area contributed by atoms with E-state index in [2.05, 4.69) is 10.2 Å². The van der Waals surface area contributed by atoms with Gasteiger partial charge in [0.05, 0.1) is 0 Å². The number of nitrogens with one attached hydrogen (secondary N) is 1. The summed E-state index contributed by atoms with van der Waals surface area (Å²) in [6.45, 7) is 1.99. The first kappa shape index (κ1) is 10.8. The van der Waals surface area contributed by atoms with Crippen molar-refractivity contribution in [2.45, 2.75) is 31.3 Å². The van der Waals surface area contributed by atoms with Crippen LogP contribution in [-0.4, -0.2) is 36.0 Å². The molecule has 2 fully saturated rings. The SMILES string of the molecule is O=C(c1ccccc1)N1[C@@H]2CCNC[C@H]1CC2. The zero-order valence-electron chi connectivity index (χ0n) is 9.93. The van der Waals surface area contributed by atoms with Gasteiger partial charge in [-0.15, -0.1) is 0 Å². The number of nitrogens with zero attached hydrogens (tertiary/aromatic N) is 1. The minimum Gasteiger partial charge on any atom is -0.331 e. The maximum absolute atomic E-state index is 12.5. The van der Waals surface area contributed by atoms with Gasteiger partial charge in [0.15, 0.2) is 0 Å². The lowest BCUT2D eigenvalue weighted by Gasteiger charge is -2.27. The Labute approximate surface area is 102 Å². The fourth-order valence-electron chi connectivity index (χ4n) is 3.04. The highest BCUT2D eigenvalue weighted by molar-refractivity contribution is 5.94. The van der Waals surface area contributed by atoms with Gasteiger partial charge in [-0.25, -0.2) is 0 Å². The predicted octanol–water partition coefficient (Wildman–Crippen LogP) is 1.65. The number of hydrogen-bond acceptors (Lipinski definition) is 2. The first-order valence-corrected chi connectivity index (χ1v) is 6.44. The molecule has 0 unspecified atom stereocenters. The Morgan fingerprint density at radius 2 is 1.88 bits per heavy atom. The van der Waals surface area contributed by atoms with Crippen molar-refractivity contribution in [3.63, 3.8) is 0 Å². The van der Waals surface area contributed by atoms with Gasteiger partial charge < -0.3 is 10.2 Å². The second-order valence-electron chi connectivity index (χ2n) is 4.96. The summed E-state index contributed by atoms with van der Waals surface area (Å²) in [4.78, 5) is 14.6. The number of carbonyl (C=O) groups excluding carboxylic acids is 1. The fraction of sp³-hybridized carbons (Fsp3) is 0.500. The summed E-state index contributed by atoms with van der Waals surface area (Å²) in [7, 11) is 0. The Kier molecular flexibility index (Phi) is 2.85. The van der Waals surface area contributed by atoms with E-state index in [0.29, 0.717) is 12.1 Å². The Bertz CT molecular complexity index is 390. The first-order chi connectivity index (χ1) is 8.36. The van der Waals surface area contributed by atoms with Crippen LogP contribution in [0.3, 0.4) is 0 Å². The lowest BCUT2D eigenvalue weighted by atomic mass is 10.1. The lowest BCUT2D eigenvalue weighted by Crippen LogP contribution is -2.42. The van der Waals surface area contributed by atoms with Crippen LogP contribution in [0.25, 0.3) is 0 Å². The molecule has 0 saturated carbocycles. The summed E-state index contributed by atoms with van der Waals surface area (Å²) >= 11 is 0. The molecule has 17 heavy (non-hydrogen) atoms. The number of benzene rings is 1. The predicted molar refractivity (Wildman–Crippen MR) is 66.9 cm³/mol. The summed E-state index contributed by atoms with van der Waals surface area (Å²) in [6.07, 6.45) is 3.41. The van der Waals surface area contributed by atoms with E-state index >= 15 is 0 Å². The molecule has 3 nitrogen and oxygen atoms in total. The summed E-state index contributed by atoms with van der Waals surface area (Å²) in [5, 5.41) is 3.42. The molecule has 2 saturated heterocycles. The zero-order chi connectivity index (χ0) is 11.7. The van der Waals surface area contributed by atoms with Crippen molar-refractivity contribution in [3.8, 4) is 0 Å². The maximum atomic E-state index is 12.5. The first-order valence-electron chi connectivity index (χ1n) is 6.44. The average Bonchev–Trinajstić information content (AvgIpc) is 2.63. The van der Waals surface area contributed by atoms with Crippen LogP contribution in [0.15, 0.2) is 30.3 Å². The van der Waals surface area contributed by atoms with E-state index < -0.39 is 0 Å². The van der Waals surface area contributed by atoms with E-state index in [9.17, 15) is 4.79 Å². The van der Waals surface area contributed by atoms with Gasteiger partial charge in [-0.2, -0.15) is 0 Å². The van der Waals surface area contributed by atoms with E-state index in [4.69, 9.17) is 0 Å². The molecule has 2 atom stereocenters. The molecule has 2 heterocycles.